The molecule has 4 aromatic rings. The number of halogens is 4. The maximum atomic E-state index is 14.7. The molecule has 0 saturated carbocycles. The van der Waals surface area contributed by atoms with E-state index in [1.54, 1.807) is 54.8 Å². The number of nitrogens with one attached hydrogen (secondary N) is 3. The lowest BCUT2D eigenvalue weighted by Crippen LogP contribution is -2.54. The lowest BCUT2D eigenvalue weighted by molar-refractivity contribution is -0.139. The molecular formula is C34H31F4N5O6. The van der Waals surface area contributed by atoms with Crippen LogP contribution in [-0.4, -0.2) is 65.4 Å². The molecule has 3 N–H and O–H groups in total. The molecule has 11 nitrogen and oxygen atoms in total. The minimum atomic E-state index is -3.35. The van der Waals surface area contributed by atoms with Crippen LogP contribution in [-0.2, 0) is 19.1 Å². The first kappa shape index (κ1) is 33.3. The van der Waals surface area contributed by atoms with E-state index in [9.17, 15) is 36.7 Å². The minimum absolute atomic E-state index is 0.168. The second-order valence-electron chi connectivity index (χ2n) is 12.2. The van der Waals surface area contributed by atoms with Crippen LogP contribution in [0.1, 0.15) is 32.1 Å². The third kappa shape index (κ3) is 6.47. The van der Waals surface area contributed by atoms with Gasteiger partial charge < -0.3 is 34.9 Å². The van der Waals surface area contributed by atoms with Crippen molar-refractivity contribution in [2.24, 2.45) is 5.92 Å². The van der Waals surface area contributed by atoms with Gasteiger partial charge in [0, 0.05) is 46.4 Å². The SMILES string of the molecule is COC(=O)NC(C(=O)N1CC(F)(F)CC1C(=O)Nc1ccc2c(c1)cc1n2C(c2cc(F)cc(F)c2)Oc2cc(NC=O)ccc2-1)C(C)C. The van der Waals surface area contributed by atoms with Gasteiger partial charge in [-0.15, -0.1) is 0 Å². The average Bonchev–Trinajstić information content (AvgIpc) is 3.59. The fourth-order valence-corrected chi connectivity index (χ4v) is 6.26. The summed E-state index contributed by atoms with van der Waals surface area (Å²) in [5.41, 5.74) is 2.59. The summed E-state index contributed by atoms with van der Waals surface area (Å²) in [7, 11) is 1.10. The topological polar surface area (TPSA) is 131 Å². The van der Waals surface area contributed by atoms with Crippen LogP contribution in [0, 0.1) is 17.6 Å². The summed E-state index contributed by atoms with van der Waals surface area (Å²) < 4.78 is 70.6. The number of carbonyl (C=O) groups is 4. The number of hydrogen-bond donors (Lipinski definition) is 3. The summed E-state index contributed by atoms with van der Waals surface area (Å²) in [6.07, 6.45) is -2.37. The Balaban J connectivity index is 1.34. The standard InChI is InChI=1S/C34H31F4N5O6/c1-17(2)29(41-33(47)48-3)31(46)42-15-34(37,38)14-27(42)30(45)40-23-5-7-25-18(10-23)11-26-24-6-4-22(39-16-44)13-28(24)49-32(43(25)26)19-8-20(35)12-21(36)9-19/h4-13,16-17,27,29,32H,14-15H2,1-3H3,(H,39,44)(H,40,45)(H,41,47). The summed E-state index contributed by atoms with van der Waals surface area (Å²) in [6.45, 7) is 2.23. The van der Waals surface area contributed by atoms with E-state index in [0.29, 0.717) is 40.0 Å². The Labute approximate surface area is 277 Å². The normalized spacial score (nSPS) is 18.2. The van der Waals surface area contributed by atoms with Crippen LogP contribution in [0.15, 0.2) is 60.7 Å². The van der Waals surface area contributed by atoms with Crippen molar-refractivity contribution in [1.29, 1.82) is 0 Å². The van der Waals surface area contributed by atoms with Gasteiger partial charge in [-0.2, -0.15) is 0 Å². The van der Waals surface area contributed by atoms with Gasteiger partial charge in [0.05, 0.1) is 24.9 Å². The molecule has 0 radical (unpaired) electrons. The minimum Gasteiger partial charge on any atom is -0.465 e. The maximum Gasteiger partial charge on any atom is 0.407 e. The molecule has 3 atom stereocenters. The average molecular weight is 682 g/mol. The quantitative estimate of drug-likeness (QED) is 0.163. The second kappa shape index (κ2) is 12.8. The van der Waals surface area contributed by atoms with Gasteiger partial charge in [-0.3, -0.25) is 14.4 Å². The number of benzene rings is 3. The Morgan fingerprint density at radius 2 is 1.71 bits per heavy atom. The maximum absolute atomic E-state index is 14.7. The largest absolute Gasteiger partial charge is 0.465 e. The van der Waals surface area contributed by atoms with Crippen molar-refractivity contribution < 1.29 is 46.2 Å². The number of carbonyl (C=O) groups excluding carboxylic acids is 4. The van der Waals surface area contributed by atoms with E-state index in [-0.39, 0.29) is 11.3 Å². The third-order valence-corrected chi connectivity index (χ3v) is 8.48. The van der Waals surface area contributed by atoms with Gasteiger partial charge in [0.2, 0.25) is 24.5 Å². The molecule has 0 spiro atoms. The number of rotatable bonds is 8. The van der Waals surface area contributed by atoms with E-state index < -0.39 is 72.7 Å². The number of hydrogen-bond acceptors (Lipinski definition) is 6. The van der Waals surface area contributed by atoms with Crippen LogP contribution in [0.5, 0.6) is 5.75 Å². The molecule has 2 aliphatic rings. The first-order valence-corrected chi connectivity index (χ1v) is 15.2. The Hall–Kier alpha value is -5.60. The van der Waals surface area contributed by atoms with Crippen molar-refractivity contribution in [3.8, 4) is 17.0 Å². The van der Waals surface area contributed by atoms with Gasteiger partial charge in [-0.1, -0.05) is 13.8 Å². The number of alkyl carbamates (subject to hydrolysis) is 1. The van der Waals surface area contributed by atoms with E-state index >= 15 is 0 Å². The number of aromatic nitrogens is 1. The van der Waals surface area contributed by atoms with Crippen LogP contribution in [0.25, 0.3) is 22.2 Å². The van der Waals surface area contributed by atoms with Crippen LogP contribution < -0.4 is 20.7 Å². The van der Waals surface area contributed by atoms with Gasteiger partial charge in [0.15, 0.2) is 0 Å². The fourth-order valence-electron chi connectivity index (χ4n) is 6.26. The van der Waals surface area contributed by atoms with Gasteiger partial charge >= 0.3 is 6.09 Å². The monoisotopic (exact) mass is 681 g/mol. The number of anilines is 2. The molecule has 6 rings (SSSR count). The van der Waals surface area contributed by atoms with Crippen molar-refractivity contribution in [3.63, 3.8) is 0 Å². The highest BCUT2D eigenvalue weighted by Gasteiger charge is 2.51. The molecule has 1 fully saturated rings. The molecule has 49 heavy (non-hydrogen) atoms. The molecule has 2 aliphatic heterocycles. The predicted octanol–water partition coefficient (Wildman–Crippen LogP) is 5.65. The van der Waals surface area contributed by atoms with Crippen LogP contribution in [0.4, 0.5) is 33.7 Å². The fraction of sp³-hybridized carbons (Fsp3) is 0.294. The molecule has 1 saturated heterocycles. The van der Waals surface area contributed by atoms with Crippen LogP contribution >= 0.6 is 0 Å². The zero-order valence-corrected chi connectivity index (χ0v) is 26.4. The lowest BCUT2D eigenvalue weighted by atomic mass is 10.0. The van der Waals surface area contributed by atoms with Crippen molar-refractivity contribution in [2.45, 2.75) is 44.5 Å². The van der Waals surface area contributed by atoms with E-state index in [0.717, 1.165) is 30.2 Å². The molecule has 0 bridgehead atoms. The summed E-state index contributed by atoms with van der Waals surface area (Å²) in [5, 5.41) is 8.10. The summed E-state index contributed by atoms with van der Waals surface area (Å²) >= 11 is 0. The first-order valence-electron chi connectivity index (χ1n) is 15.2. The van der Waals surface area contributed by atoms with Crippen LogP contribution in [0.3, 0.4) is 0 Å². The number of nitrogens with zero attached hydrogens (tertiary/aromatic N) is 2. The second-order valence-corrected chi connectivity index (χ2v) is 12.2. The van der Waals surface area contributed by atoms with Crippen molar-refractivity contribution in [3.05, 3.63) is 77.9 Å². The van der Waals surface area contributed by atoms with Crippen molar-refractivity contribution in [1.82, 2.24) is 14.8 Å². The Kier molecular flexibility index (Phi) is 8.69. The number of ether oxygens (including phenoxy) is 2. The third-order valence-electron chi connectivity index (χ3n) is 8.48. The number of alkyl halides is 2. The smallest absolute Gasteiger partial charge is 0.407 e. The molecule has 3 aromatic carbocycles. The summed E-state index contributed by atoms with van der Waals surface area (Å²) in [4.78, 5) is 50.6. The van der Waals surface area contributed by atoms with E-state index in [2.05, 4.69) is 20.7 Å². The highest BCUT2D eigenvalue weighted by atomic mass is 19.3. The molecule has 1 aromatic heterocycles. The summed E-state index contributed by atoms with van der Waals surface area (Å²) in [6, 6.07) is 11.7. The zero-order valence-electron chi connectivity index (χ0n) is 26.4. The van der Waals surface area contributed by atoms with Crippen molar-refractivity contribution >= 4 is 46.6 Å². The van der Waals surface area contributed by atoms with Gasteiger partial charge in [-0.05, 0) is 54.4 Å². The van der Waals surface area contributed by atoms with Gasteiger partial charge in [0.1, 0.15) is 29.5 Å². The molecule has 3 unspecified atom stereocenters. The molecule has 3 heterocycles. The van der Waals surface area contributed by atoms with Crippen molar-refractivity contribution in [2.75, 3.05) is 24.3 Å². The number of likely N-dealkylation sites (tertiary alicyclic amines) is 1. The zero-order chi connectivity index (χ0) is 35.2. The molecule has 4 amide bonds. The highest BCUT2D eigenvalue weighted by Crippen LogP contribution is 2.45. The van der Waals surface area contributed by atoms with E-state index in [1.165, 1.54) is 6.07 Å². The Bertz CT molecular complexity index is 1960. The van der Waals surface area contributed by atoms with Gasteiger partial charge in [0.25, 0.3) is 5.92 Å². The summed E-state index contributed by atoms with van der Waals surface area (Å²) in [5.74, 6) is -6.84. The molecular weight excluding hydrogens is 650 g/mol. The molecule has 256 valence electrons. The van der Waals surface area contributed by atoms with E-state index in [1.807, 2.05) is 0 Å². The predicted molar refractivity (Wildman–Crippen MR) is 170 cm³/mol. The first-order chi connectivity index (χ1) is 23.3. The number of methoxy groups -OCH3 is 1. The van der Waals surface area contributed by atoms with Crippen LogP contribution in [0.2, 0.25) is 0 Å². The lowest BCUT2D eigenvalue weighted by Gasteiger charge is -2.30. The Morgan fingerprint density at radius 3 is 2.39 bits per heavy atom. The molecule has 15 heteroatoms. The Morgan fingerprint density at radius 1 is 1.00 bits per heavy atom. The number of fused-ring (bicyclic) bond motifs is 5. The number of amides is 4. The van der Waals surface area contributed by atoms with Gasteiger partial charge in [-0.25, -0.2) is 22.4 Å². The molecule has 0 aliphatic carbocycles. The highest BCUT2D eigenvalue weighted by molar-refractivity contribution is 6.01. The van der Waals surface area contributed by atoms with E-state index in [4.69, 9.17) is 4.74 Å².